The molecule has 0 N–H and O–H groups in total. The van der Waals surface area contributed by atoms with Crippen molar-refractivity contribution >= 4 is 11.8 Å². The van der Waals surface area contributed by atoms with Crippen LogP contribution in [0.5, 0.6) is 0 Å². The van der Waals surface area contributed by atoms with Crippen molar-refractivity contribution in [3.8, 4) is 0 Å². The van der Waals surface area contributed by atoms with Gasteiger partial charge in [0.15, 0.2) is 0 Å². The summed E-state index contributed by atoms with van der Waals surface area (Å²) in [6.07, 6.45) is 6.65. The van der Waals surface area contributed by atoms with E-state index in [1.54, 1.807) is 16.1 Å². The standard InChI is InChI=1S/C21H32N2O4/c1-21(2,3)23(20(25)16-7-4-8-16)15-19(24)22(13-17-9-5-11-26-17)14-18-10-6-12-27-18/h5,9,11,16,18H,4,6-8,10,12-15H2,1-3H3/t18-/m1/s1. The van der Waals surface area contributed by atoms with Gasteiger partial charge in [-0.15, -0.1) is 0 Å². The zero-order valence-corrected chi connectivity index (χ0v) is 16.8. The van der Waals surface area contributed by atoms with Crippen LogP contribution >= 0.6 is 0 Å². The molecule has 150 valence electrons. The SMILES string of the molecule is CC(C)(C)N(CC(=O)N(Cc1ccco1)C[C@H]1CCCO1)C(=O)C1CCC1. The molecule has 1 saturated heterocycles. The lowest BCUT2D eigenvalue weighted by molar-refractivity contribution is -0.150. The second-order valence-electron chi connectivity index (χ2n) is 8.71. The van der Waals surface area contributed by atoms with Crippen molar-refractivity contribution in [2.45, 2.75) is 71.1 Å². The zero-order chi connectivity index (χ0) is 19.4. The van der Waals surface area contributed by atoms with Gasteiger partial charge in [0.1, 0.15) is 12.3 Å². The predicted molar refractivity (Wildman–Crippen MR) is 102 cm³/mol. The zero-order valence-electron chi connectivity index (χ0n) is 16.8. The van der Waals surface area contributed by atoms with Gasteiger partial charge in [0.25, 0.3) is 0 Å². The predicted octanol–water partition coefficient (Wildman–Crippen LogP) is 3.21. The van der Waals surface area contributed by atoms with E-state index in [0.717, 1.165) is 44.5 Å². The Bertz CT molecular complexity index is 625. The van der Waals surface area contributed by atoms with Crippen LogP contribution in [0, 0.1) is 5.92 Å². The third-order valence-electron chi connectivity index (χ3n) is 5.55. The molecule has 1 saturated carbocycles. The fourth-order valence-corrected chi connectivity index (χ4v) is 3.64. The van der Waals surface area contributed by atoms with E-state index in [-0.39, 0.29) is 35.9 Å². The first-order chi connectivity index (χ1) is 12.8. The minimum Gasteiger partial charge on any atom is -0.467 e. The maximum Gasteiger partial charge on any atom is 0.242 e. The van der Waals surface area contributed by atoms with Gasteiger partial charge in [-0.1, -0.05) is 6.42 Å². The number of hydrogen-bond donors (Lipinski definition) is 0. The molecular formula is C21H32N2O4. The Labute approximate surface area is 161 Å². The van der Waals surface area contributed by atoms with Crippen molar-refractivity contribution in [2.24, 2.45) is 5.92 Å². The molecule has 0 spiro atoms. The number of carbonyl (C=O) groups is 2. The van der Waals surface area contributed by atoms with Crippen LogP contribution < -0.4 is 0 Å². The molecule has 2 amide bonds. The van der Waals surface area contributed by atoms with E-state index in [4.69, 9.17) is 9.15 Å². The van der Waals surface area contributed by atoms with Crippen LogP contribution in [0.3, 0.4) is 0 Å². The van der Waals surface area contributed by atoms with E-state index in [1.807, 2.05) is 32.9 Å². The first-order valence-corrected chi connectivity index (χ1v) is 10.1. The summed E-state index contributed by atoms with van der Waals surface area (Å²) in [7, 11) is 0. The number of furan rings is 1. The minimum atomic E-state index is -0.386. The van der Waals surface area contributed by atoms with Crippen molar-refractivity contribution < 1.29 is 18.7 Å². The summed E-state index contributed by atoms with van der Waals surface area (Å²) >= 11 is 0. The highest BCUT2D eigenvalue weighted by Gasteiger charge is 2.37. The first-order valence-electron chi connectivity index (χ1n) is 10.1. The normalized spacial score (nSPS) is 20.3. The van der Waals surface area contributed by atoms with Crippen LogP contribution in [0.4, 0.5) is 0 Å². The molecule has 0 aromatic carbocycles. The molecule has 1 aromatic rings. The van der Waals surface area contributed by atoms with Crippen molar-refractivity contribution in [3.63, 3.8) is 0 Å². The van der Waals surface area contributed by atoms with Gasteiger partial charge in [0.2, 0.25) is 11.8 Å². The lowest BCUT2D eigenvalue weighted by Crippen LogP contribution is -2.54. The van der Waals surface area contributed by atoms with Crippen molar-refractivity contribution in [2.75, 3.05) is 19.7 Å². The fraction of sp³-hybridized carbons (Fsp3) is 0.714. The van der Waals surface area contributed by atoms with Gasteiger partial charge in [-0.3, -0.25) is 9.59 Å². The summed E-state index contributed by atoms with van der Waals surface area (Å²) in [5, 5.41) is 0. The van der Waals surface area contributed by atoms with Crippen molar-refractivity contribution in [3.05, 3.63) is 24.2 Å². The Morgan fingerprint density at radius 3 is 2.48 bits per heavy atom. The van der Waals surface area contributed by atoms with Crippen LogP contribution in [0.15, 0.2) is 22.8 Å². The van der Waals surface area contributed by atoms with E-state index < -0.39 is 0 Å². The highest BCUT2D eigenvalue weighted by atomic mass is 16.5. The number of amides is 2. The van der Waals surface area contributed by atoms with E-state index in [0.29, 0.717) is 13.1 Å². The third kappa shape index (κ3) is 5.12. The van der Waals surface area contributed by atoms with Crippen LogP contribution in [-0.4, -0.2) is 53.0 Å². The van der Waals surface area contributed by atoms with Crippen LogP contribution in [-0.2, 0) is 20.9 Å². The molecule has 2 aliphatic rings. The molecule has 0 bridgehead atoms. The van der Waals surface area contributed by atoms with Gasteiger partial charge in [0.05, 0.1) is 18.9 Å². The van der Waals surface area contributed by atoms with Crippen LogP contribution in [0.2, 0.25) is 0 Å². The average molecular weight is 376 g/mol. The van der Waals surface area contributed by atoms with Gasteiger partial charge in [-0.05, 0) is 58.6 Å². The smallest absolute Gasteiger partial charge is 0.242 e. The van der Waals surface area contributed by atoms with Crippen LogP contribution in [0.25, 0.3) is 0 Å². The van der Waals surface area contributed by atoms with Gasteiger partial charge in [-0.25, -0.2) is 0 Å². The maximum absolute atomic E-state index is 13.2. The third-order valence-corrected chi connectivity index (χ3v) is 5.55. The fourth-order valence-electron chi connectivity index (χ4n) is 3.64. The number of ether oxygens (including phenoxy) is 1. The second kappa shape index (κ2) is 8.46. The molecule has 2 fully saturated rings. The van der Waals surface area contributed by atoms with Gasteiger partial charge in [0, 0.05) is 24.6 Å². The molecule has 0 radical (unpaired) electrons. The number of nitrogens with zero attached hydrogens (tertiary/aromatic N) is 2. The Morgan fingerprint density at radius 1 is 1.19 bits per heavy atom. The average Bonchev–Trinajstić information content (AvgIpc) is 3.22. The van der Waals surface area contributed by atoms with Gasteiger partial charge in [-0.2, -0.15) is 0 Å². The van der Waals surface area contributed by atoms with E-state index in [1.165, 1.54) is 0 Å². The van der Waals surface area contributed by atoms with E-state index in [9.17, 15) is 9.59 Å². The summed E-state index contributed by atoms with van der Waals surface area (Å²) < 4.78 is 11.2. The Morgan fingerprint density at radius 2 is 1.96 bits per heavy atom. The monoisotopic (exact) mass is 376 g/mol. The van der Waals surface area contributed by atoms with Crippen molar-refractivity contribution in [1.82, 2.24) is 9.80 Å². The summed E-state index contributed by atoms with van der Waals surface area (Å²) in [5.74, 6) is 0.879. The molecule has 0 unspecified atom stereocenters. The minimum absolute atomic E-state index is 0.0514. The molecule has 1 aromatic heterocycles. The van der Waals surface area contributed by atoms with E-state index in [2.05, 4.69) is 0 Å². The lowest BCUT2D eigenvalue weighted by atomic mass is 9.83. The van der Waals surface area contributed by atoms with E-state index >= 15 is 0 Å². The molecule has 1 aliphatic carbocycles. The Kier molecular flexibility index (Phi) is 6.25. The Balaban J connectivity index is 1.70. The summed E-state index contributed by atoms with van der Waals surface area (Å²) in [5.41, 5.74) is -0.386. The molecule has 2 heterocycles. The van der Waals surface area contributed by atoms with Crippen LogP contribution in [0.1, 0.15) is 58.6 Å². The summed E-state index contributed by atoms with van der Waals surface area (Å²) in [6, 6.07) is 3.70. The first kappa shape index (κ1) is 19.9. The molecule has 3 rings (SSSR count). The molecule has 1 aliphatic heterocycles. The quantitative estimate of drug-likeness (QED) is 0.733. The summed E-state index contributed by atoms with van der Waals surface area (Å²) in [6.45, 7) is 7.78. The topological polar surface area (TPSA) is 63.0 Å². The highest BCUT2D eigenvalue weighted by molar-refractivity contribution is 5.87. The molecule has 6 nitrogen and oxygen atoms in total. The van der Waals surface area contributed by atoms with Crippen molar-refractivity contribution in [1.29, 1.82) is 0 Å². The largest absolute Gasteiger partial charge is 0.467 e. The molecule has 1 atom stereocenters. The highest BCUT2D eigenvalue weighted by Crippen LogP contribution is 2.30. The lowest BCUT2D eigenvalue weighted by Gasteiger charge is -2.40. The molecular weight excluding hydrogens is 344 g/mol. The molecule has 6 heteroatoms. The molecule has 27 heavy (non-hydrogen) atoms. The number of hydrogen-bond acceptors (Lipinski definition) is 4. The maximum atomic E-state index is 13.2. The second-order valence-corrected chi connectivity index (χ2v) is 8.71. The van der Waals surface area contributed by atoms with Gasteiger partial charge >= 0.3 is 0 Å². The van der Waals surface area contributed by atoms with Gasteiger partial charge < -0.3 is 19.0 Å². The Hall–Kier alpha value is -1.82. The number of rotatable bonds is 7. The summed E-state index contributed by atoms with van der Waals surface area (Å²) in [4.78, 5) is 29.6. The number of carbonyl (C=O) groups excluding carboxylic acids is 2.